The second-order valence-corrected chi connectivity index (χ2v) is 4.74. The van der Waals surface area contributed by atoms with Gasteiger partial charge in [-0.15, -0.1) is 0 Å². The fourth-order valence-electron chi connectivity index (χ4n) is 1.07. The van der Waals surface area contributed by atoms with Gasteiger partial charge in [0.15, 0.2) is 0 Å². The molecule has 0 aromatic rings. The van der Waals surface area contributed by atoms with Crippen LogP contribution in [0.15, 0.2) is 11.6 Å². The first-order valence-electron chi connectivity index (χ1n) is 4.29. The number of thioether (sulfide) groups is 1. The quantitative estimate of drug-likeness (QED) is 0.652. The molecule has 1 rings (SSSR count). The Kier molecular flexibility index (Phi) is 4.02. The van der Waals surface area contributed by atoms with E-state index in [-0.39, 0.29) is 0 Å². The molecule has 1 nitrogen and oxygen atoms in total. The van der Waals surface area contributed by atoms with Crippen molar-refractivity contribution in [1.82, 2.24) is 5.32 Å². The van der Waals surface area contributed by atoms with Crippen LogP contribution in [0.2, 0.25) is 0 Å². The lowest BCUT2D eigenvalue weighted by atomic mass is 10.1. The van der Waals surface area contributed by atoms with Gasteiger partial charge in [-0.2, -0.15) is 11.8 Å². The van der Waals surface area contributed by atoms with Crippen LogP contribution < -0.4 is 5.32 Å². The van der Waals surface area contributed by atoms with Crippen LogP contribution in [0.3, 0.4) is 0 Å². The van der Waals surface area contributed by atoms with Crippen molar-refractivity contribution in [2.24, 2.45) is 0 Å². The van der Waals surface area contributed by atoms with Gasteiger partial charge in [-0.25, -0.2) is 0 Å². The summed E-state index contributed by atoms with van der Waals surface area (Å²) < 4.78 is 0. The van der Waals surface area contributed by atoms with Crippen LogP contribution in [0, 0.1) is 0 Å². The zero-order valence-electron chi connectivity index (χ0n) is 7.39. The van der Waals surface area contributed by atoms with Crippen LogP contribution in [0.1, 0.15) is 20.3 Å². The summed E-state index contributed by atoms with van der Waals surface area (Å²) in [4.78, 5) is 0. The Bertz CT molecular complexity index is 140. The SMILES string of the molecule is CC(C)SCC1=CCNCC1. The third kappa shape index (κ3) is 3.82. The number of nitrogens with one attached hydrogen (secondary N) is 1. The Labute approximate surface area is 73.6 Å². The third-order valence-electron chi connectivity index (χ3n) is 1.76. The highest BCUT2D eigenvalue weighted by Crippen LogP contribution is 2.16. The van der Waals surface area contributed by atoms with Gasteiger partial charge in [-0.3, -0.25) is 0 Å². The average Bonchev–Trinajstić information content (AvgIpc) is 2.03. The second-order valence-electron chi connectivity index (χ2n) is 3.18. The smallest absolute Gasteiger partial charge is 0.0146 e. The Morgan fingerprint density at radius 2 is 2.45 bits per heavy atom. The summed E-state index contributed by atoms with van der Waals surface area (Å²) in [6.07, 6.45) is 3.58. The van der Waals surface area contributed by atoms with E-state index in [4.69, 9.17) is 0 Å². The Balaban J connectivity index is 2.19. The standard InChI is InChI=1S/C9H17NS/c1-8(2)11-7-9-3-5-10-6-4-9/h3,8,10H,4-7H2,1-2H3. The third-order valence-corrected chi connectivity index (χ3v) is 2.96. The summed E-state index contributed by atoms with van der Waals surface area (Å²) >= 11 is 2.04. The van der Waals surface area contributed by atoms with Gasteiger partial charge < -0.3 is 5.32 Å². The topological polar surface area (TPSA) is 12.0 Å². The molecule has 0 spiro atoms. The van der Waals surface area contributed by atoms with Crippen LogP contribution in [0.5, 0.6) is 0 Å². The molecule has 1 N–H and O–H groups in total. The van der Waals surface area contributed by atoms with Gasteiger partial charge in [0, 0.05) is 12.3 Å². The molecule has 0 bridgehead atoms. The second kappa shape index (κ2) is 4.83. The van der Waals surface area contributed by atoms with Gasteiger partial charge in [-0.05, 0) is 18.2 Å². The molecule has 0 saturated carbocycles. The number of rotatable bonds is 3. The van der Waals surface area contributed by atoms with Crippen molar-refractivity contribution in [3.05, 3.63) is 11.6 Å². The van der Waals surface area contributed by atoms with Crippen molar-refractivity contribution < 1.29 is 0 Å². The first kappa shape index (κ1) is 9.14. The predicted octanol–water partition coefficient (Wildman–Crippen LogP) is 2.05. The molecule has 0 radical (unpaired) electrons. The van der Waals surface area contributed by atoms with E-state index in [0.717, 1.165) is 11.8 Å². The van der Waals surface area contributed by atoms with Crippen molar-refractivity contribution >= 4 is 11.8 Å². The molecule has 0 amide bonds. The highest BCUT2D eigenvalue weighted by atomic mass is 32.2. The average molecular weight is 171 g/mol. The van der Waals surface area contributed by atoms with E-state index in [0.29, 0.717) is 0 Å². The normalized spacial score (nSPS) is 18.6. The van der Waals surface area contributed by atoms with E-state index in [1.54, 1.807) is 5.57 Å². The molecule has 0 atom stereocenters. The van der Waals surface area contributed by atoms with E-state index in [1.165, 1.54) is 18.7 Å². The van der Waals surface area contributed by atoms with Crippen LogP contribution in [-0.4, -0.2) is 24.1 Å². The molecule has 1 aliphatic heterocycles. The van der Waals surface area contributed by atoms with E-state index >= 15 is 0 Å². The van der Waals surface area contributed by atoms with Gasteiger partial charge in [0.2, 0.25) is 0 Å². The molecule has 0 aliphatic carbocycles. The summed E-state index contributed by atoms with van der Waals surface area (Å²) in [6, 6.07) is 0. The van der Waals surface area contributed by atoms with Gasteiger partial charge in [0.25, 0.3) is 0 Å². The minimum atomic E-state index is 0.769. The van der Waals surface area contributed by atoms with E-state index < -0.39 is 0 Å². The number of hydrogen-bond donors (Lipinski definition) is 1. The van der Waals surface area contributed by atoms with Crippen LogP contribution in [-0.2, 0) is 0 Å². The minimum absolute atomic E-state index is 0.769. The fourth-order valence-corrected chi connectivity index (χ4v) is 1.88. The number of hydrogen-bond acceptors (Lipinski definition) is 2. The molecule has 0 aromatic carbocycles. The van der Waals surface area contributed by atoms with Crippen LogP contribution in [0.4, 0.5) is 0 Å². The van der Waals surface area contributed by atoms with E-state index in [1.807, 2.05) is 11.8 Å². The molecule has 1 aliphatic rings. The summed E-state index contributed by atoms with van der Waals surface area (Å²) in [5.41, 5.74) is 1.63. The van der Waals surface area contributed by atoms with Gasteiger partial charge in [0.05, 0.1) is 0 Å². The van der Waals surface area contributed by atoms with E-state index in [9.17, 15) is 0 Å². The molecule has 64 valence electrons. The Morgan fingerprint density at radius 1 is 1.64 bits per heavy atom. The molecule has 0 unspecified atom stereocenters. The lowest BCUT2D eigenvalue weighted by molar-refractivity contribution is 0.705. The monoisotopic (exact) mass is 171 g/mol. The van der Waals surface area contributed by atoms with Crippen molar-refractivity contribution in [2.75, 3.05) is 18.8 Å². The highest BCUT2D eigenvalue weighted by molar-refractivity contribution is 8.00. The molecule has 11 heavy (non-hydrogen) atoms. The maximum absolute atomic E-state index is 3.32. The summed E-state index contributed by atoms with van der Waals surface area (Å²) in [6.45, 7) is 6.76. The van der Waals surface area contributed by atoms with Gasteiger partial charge in [-0.1, -0.05) is 25.5 Å². The summed E-state index contributed by atoms with van der Waals surface area (Å²) in [5.74, 6) is 1.24. The minimum Gasteiger partial charge on any atom is -0.313 e. The Morgan fingerprint density at radius 3 is 3.00 bits per heavy atom. The first-order valence-corrected chi connectivity index (χ1v) is 5.34. The maximum Gasteiger partial charge on any atom is 0.0146 e. The highest BCUT2D eigenvalue weighted by Gasteiger charge is 2.03. The molecular weight excluding hydrogens is 154 g/mol. The largest absolute Gasteiger partial charge is 0.313 e. The lowest BCUT2D eigenvalue weighted by Crippen LogP contribution is -2.21. The molecule has 0 saturated heterocycles. The summed E-state index contributed by atoms with van der Waals surface area (Å²) in [7, 11) is 0. The van der Waals surface area contributed by atoms with Gasteiger partial charge >= 0.3 is 0 Å². The van der Waals surface area contributed by atoms with Crippen molar-refractivity contribution in [1.29, 1.82) is 0 Å². The predicted molar refractivity (Wildman–Crippen MR) is 53.2 cm³/mol. The van der Waals surface area contributed by atoms with E-state index in [2.05, 4.69) is 25.2 Å². The molecule has 0 fully saturated rings. The van der Waals surface area contributed by atoms with Crippen LogP contribution in [0.25, 0.3) is 0 Å². The zero-order valence-corrected chi connectivity index (χ0v) is 8.21. The van der Waals surface area contributed by atoms with Crippen molar-refractivity contribution in [3.63, 3.8) is 0 Å². The zero-order chi connectivity index (χ0) is 8.10. The van der Waals surface area contributed by atoms with Crippen molar-refractivity contribution in [3.8, 4) is 0 Å². The maximum atomic E-state index is 3.32. The summed E-state index contributed by atoms with van der Waals surface area (Å²) in [5, 5.41) is 4.09. The van der Waals surface area contributed by atoms with Gasteiger partial charge in [0.1, 0.15) is 0 Å². The molecule has 1 heterocycles. The fraction of sp³-hybridized carbons (Fsp3) is 0.778. The Hall–Kier alpha value is 0.0500. The molecule has 0 aromatic heterocycles. The molecular formula is C9H17NS. The lowest BCUT2D eigenvalue weighted by Gasteiger charge is -2.14. The van der Waals surface area contributed by atoms with Crippen molar-refractivity contribution in [2.45, 2.75) is 25.5 Å². The van der Waals surface area contributed by atoms with Crippen LogP contribution >= 0.6 is 11.8 Å². The first-order chi connectivity index (χ1) is 5.29. The molecule has 2 heteroatoms.